The fraction of sp³-hybridized carbons (Fsp3) is 0.179. The summed E-state index contributed by atoms with van der Waals surface area (Å²) < 4.78 is 7.82. The third-order valence-electron chi connectivity index (χ3n) is 6.17. The van der Waals surface area contributed by atoms with Crippen molar-refractivity contribution >= 4 is 23.3 Å². The molecule has 1 aromatic heterocycles. The minimum atomic E-state index is -0.294. The number of para-hydroxylation sites is 1. The maximum absolute atomic E-state index is 13.8. The van der Waals surface area contributed by atoms with Crippen molar-refractivity contribution in [2.24, 2.45) is 0 Å². The molecule has 2 heterocycles. The smallest absolute Gasteiger partial charge is 0.322 e. The van der Waals surface area contributed by atoms with Gasteiger partial charge in [-0.2, -0.15) is 0 Å². The molecule has 5 nitrogen and oxygen atoms in total. The highest BCUT2D eigenvalue weighted by Gasteiger charge is 2.33. The van der Waals surface area contributed by atoms with Crippen LogP contribution in [0.25, 0.3) is 5.69 Å². The quantitative estimate of drug-likeness (QED) is 0.349. The number of ether oxygens (including phenoxy) is 1. The molecule has 172 valence electrons. The van der Waals surface area contributed by atoms with E-state index in [0.717, 1.165) is 33.8 Å². The second-order valence-electron chi connectivity index (χ2n) is 8.35. The van der Waals surface area contributed by atoms with E-state index in [2.05, 4.69) is 34.3 Å². The fourth-order valence-electron chi connectivity index (χ4n) is 4.52. The van der Waals surface area contributed by atoms with Gasteiger partial charge >= 0.3 is 6.03 Å². The summed E-state index contributed by atoms with van der Waals surface area (Å²) >= 11 is 6.22. The van der Waals surface area contributed by atoms with Gasteiger partial charge in [0.25, 0.3) is 0 Å². The number of aryl methyl sites for hydroxylation is 1. The Balaban J connectivity index is 1.61. The Kier molecular flexibility index (Phi) is 6.03. The molecular formula is C28H26ClN3O2. The normalized spacial score (nSPS) is 14.7. The van der Waals surface area contributed by atoms with Gasteiger partial charge in [-0.25, -0.2) is 4.79 Å². The number of hydrogen-bond acceptors (Lipinski definition) is 2. The number of fused-ring (bicyclic) bond motifs is 3. The first-order valence-electron chi connectivity index (χ1n) is 11.4. The first kappa shape index (κ1) is 22.1. The number of halogens is 1. The molecular weight excluding hydrogens is 446 g/mol. The molecule has 5 rings (SSSR count). The van der Waals surface area contributed by atoms with Gasteiger partial charge in [-0.05, 0) is 73.0 Å². The molecule has 34 heavy (non-hydrogen) atoms. The van der Waals surface area contributed by atoms with Crippen LogP contribution < -0.4 is 10.1 Å². The average molecular weight is 472 g/mol. The molecule has 2 amide bonds. The van der Waals surface area contributed by atoms with Crippen LogP contribution in [0.5, 0.6) is 5.75 Å². The van der Waals surface area contributed by atoms with Crippen molar-refractivity contribution in [2.75, 3.05) is 11.9 Å². The lowest BCUT2D eigenvalue weighted by atomic mass is 10.0. The molecule has 0 fully saturated rings. The molecule has 0 radical (unpaired) electrons. The molecule has 1 atom stereocenters. The number of nitrogens with one attached hydrogen (secondary N) is 1. The molecule has 6 heteroatoms. The van der Waals surface area contributed by atoms with Crippen LogP contribution in [0.4, 0.5) is 10.5 Å². The first-order chi connectivity index (χ1) is 16.5. The standard InChI is InChI=1S/C28H26ClN3O2/c1-3-34-23-14-11-20(12-15-23)27-26-9-6-16-31(26)25-8-5-4-7-21(25)18-32(27)28(33)30-24-17-22(29)13-10-19(24)2/h4-17,27H,3,18H2,1-2H3,(H,30,33)/t27-/m1/s1. The lowest BCUT2D eigenvalue weighted by molar-refractivity contribution is 0.194. The number of carbonyl (C=O) groups is 1. The molecule has 0 bridgehead atoms. The largest absolute Gasteiger partial charge is 0.494 e. The number of hydrogen-bond donors (Lipinski definition) is 1. The van der Waals surface area contributed by atoms with E-state index in [0.29, 0.717) is 23.9 Å². The van der Waals surface area contributed by atoms with Gasteiger partial charge in [0, 0.05) is 22.6 Å². The van der Waals surface area contributed by atoms with Crippen LogP contribution in [0.3, 0.4) is 0 Å². The van der Waals surface area contributed by atoms with Crippen LogP contribution in [-0.2, 0) is 6.54 Å². The second-order valence-corrected chi connectivity index (χ2v) is 8.79. The highest BCUT2D eigenvalue weighted by Crippen LogP contribution is 2.37. The van der Waals surface area contributed by atoms with Gasteiger partial charge in [-0.1, -0.05) is 48.0 Å². The topological polar surface area (TPSA) is 46.5 Å². The number of carbonyl (C=O) groups excluding carboxylic acids is 1. The molecule has 3 aromatic carbocycles. The van der Waals surface area contributed by atoms with Crippen LogP contribution in [0, 0.1) is 6.92 Å². The monoisotopic (exact) mass is 471 g/mol. The molecule has 0 aliphatic carbocycles. The van der Waals surface area contributed by atoms with E-state index in [1.54, 1.807) is 6.07 Å². The summed E-state index contributed by atoms with van der Waals surface area (Å²) in [4.78, 5) is 15.7. The third kappa shape index (κ3) is 4.15. The van der Waals surface area contributed by atoms with E-state index in [9.17, 15) is 4.79 Å². The zero-order valence-electron chi connectivity index (χ0n) is 19.2. The number of nitrogens with zero attached hydrogens (tertiary/aromatic N) is 2. The SMILES string of the molecule is CCOc1ccc([C@@H]2c3cccn3-c3ccccc3CN2C(=O)Nc2cc(Cl)ccc2C)cc1. The Hall–Kier alpha value is -3.70. The molecule has 0 unspecified atom stereocenters. The minimum Gasteiger partial charge on any atom is -0.494 e. The van der Waals surface area contributed by atoms with Gasteiger partial charge in [0.05, 0.1) is 24.9 Å². The number of aromatic nitrogens is 1. The number of urea groups is 1. The van der Waals surface area contributed by atoms with E-state index in [4.69, 9.17) is 16.3 Å². The van der Waals surface area contributed by atoms with Gasteiger partial charge in [0.1, 0.15) is 5.75 Å². The van der Waals surface area contributed by atoms with E-state index >= 15 is 0 Å². The number of amides is 2. The van der Waals surface area contributed by atoms with Crippen LogP contribution >= 0.6 is 11.6 Å². The van der Waals surface area contributed by atoms with Crippen molar-refractivity contribution in [2.45, 2.75) is 26.4 Å². The summed E-state index contributed by atoms with van der Waals surface area (Å²) in [7, 11) is 0. The van der Waals surface area contributed by atoms with Crippen LogP contribution in [0.15, 0.2) is 85.1 Å². The maximum atomic E-state index is 13.8. The predicted octanol–water partition coefficient (Wildman–Crippen LogP) is 6.97. The highest BCUT2D eigenvalue weighted by atomic mass is 35.5. The Labute approximate surface area is 204 Å². The average Bonchev–Trinajstić information content (AvgIpc) is 3.26. The van der Waals surface area contributed by atoms with Gasteiger partial charge in [-0.15, -0.1) is 0 Å². The molecule has 0 saturated heterocycles. The maximum Gasteiger partial charge on any atom is 0.322 e. The van der Waals surface area contributed by atoms with Crippen molar-refractivity contribution in [3.05, 3.63) is 112 Å². The van der Waals surface area contributed by atoms with Crippen LogP contribution in [-0.4, -0.2) is 22.1 Å². The lowest BCUT2D eigenvalue weighted by Crippen LogP contribution is -2.38. The Morgan fingerprint density at radius 2 is 1.85 bits per heavy atom. The van der Waals surface area contributed by atoms with E-state index in [-0.39, 0.29) is 12.1 Å². The Morgan fingerprint density at radius 1 is 1.06 bits per heavy atom. The van der Waals surface area contributed by atoms with E-state index in [1.807, 2.05) is 73.3 Å². The summed E-state index contributed by atoms with van der Waals surface area (Å²) in [6.45, 7) is 4.99. The number of rotatable bonds is 4. The molecule has 0 saturated carbocycles. The summed E-state index contributed by atoms with van der Waals surface area (Å²) in [5.74, 6) is 0.809. The molecule has 4 aromatic rings. The van der Waals surface area contributed by atoms with Crippen LogP contribution in [0.1, 0.15) is 35.3 Å². The molecule has 1 aliphatic rings. The van der Waals surface area contributed by atoms with Gasteiger partial charge in [-0.3, -0.25) is 0 Å². The Bertz CT molecular complexity index is 1330. The van der Waals surface area contributed by atoms with E-state index < -0.39 is 0 Å². The van der Waals surface area contributed by atoms with E-state index in [1.165, 1.54) is 0 Å². The van der Waals surface area contributed by atoms with Gasteiger partial charge < -0.3 is 19.5 Å². The number of benzene rings is 3. The highest BCUT2D eigenvalue weighted by molar-refractivity contribution is 6.31. The summed E-state index contributed by atoms with van der Waals surface area (Å²) in [5.41, 5.74) is 5.84. The van der Waals surface area contributed by atoms with Gasteiger partial charge in [0.2, 0.25) is 0 Å². The van der Waals surface area contributed by atoms with Crippen molar-refractivity contribution in [3.8, 4) is 11.4 Å². The third-order valence-corrected chi connectivity index (χ3v) is 6.41. The summed E-state index contributed by atoms with van der Waals surface area (Å²) in [6, 6.07) is 25.3. The predicted molar refractivity (Wildman–Crippen MR) is 136 cm³/mol. The first-order valence-corrected chi connectivity index (χ1v) is 11.7. The fourth-order valence-corrected chi connectivity index (χ4v) is 4.69. The second kappa shape index (κ2) is 9.27. The molecule has 1 N–H and O–H groups in total. The number of anilines is 1. The lowest BCUT2D eigenvalue weighted by Gasteiger charge is -2.31. The summed E-state index contributed by atoms with van der Waals surface area (Å²) in [5, 5.41) is 3.68. The van der Waals surface area contributed by atoms with Crippen molar-refractivity contribution < 1.29 is 9.53 Å². The van der Waals surface area contributed by atoms with Crippen molar-refractivity contribution in [3.63, 3.8) is 0 Å². The van der Waals surface area contributed by atoms with Crippen molar-refractivity contribution in [1.29, 1.82) is 0 Å². The van der Waals surface area contributed by atoms with Gasteiger partial charge in [0.15, 0.2) is 0 Å². The zero-order valence-corrected chi connectivity index (χ0v) is 19.9. The minimum absolute atomic E-state index is 0.186. The summed E-state index contributed by atoms with van der Waals surface area (Å²) in [6.07, 6.45) is 2.05. The van der Waals surface area contributed by atoms with Crippen LogP contribution in [0.2, 0.25) is 5.02 Å². The van der Waals surface area contributed by atoms with Crippen molar-refractivity contribution in [1.82, 2.24) is 9.47 Å². The Morgan fingerprint density at radius 3 is 2.65 bits per heavy atom. The zero-order chi connectivity index (χ0) is 23.7. The molecule has 1 aliphatic heterocycles. The molecule has 0 spiro atoms.